The topological polar surface area (TPSA) is 41.1 Å². The van der Waals surface area contributed by atoms with E-state index in [9.17, 15) is 4.79 Å². The highest BCUT2D eigenvalue weighted by Crippen LogP contribution is 2.14. The molecule has 0 radical (unpaired) electrons. The number of halogens is 2. The van der Waals surface area contributed by atoms with Crippen LogP contribution in [0.5, 0.6) is 0 Å². The maximum atomic E-state index is 11.7. The Morgan fingerprint density at radius 2 is 1.45 bits per heavy atom. The lowest BCUT2D eigenvalue weighted by Gasteiger charge is -2.08. The van der Waals surface area contributed by atoms with Crippen molar-refractivity contribution < 1.29 is 4.79 Å². The number of urea groups is 1. The van der Waals surface area contributed by atoms with Crippen molar-refractivity contribution in [3.63, 3.8) is 0 Å². The standard InChI is InChI=1S/C15H14Br2N2O/c16-12-3-1-11(2-4-12)9-10-18-15(20)19-14-7-5-13(17)6-8-14/h1-8H,9-10H2,(H2,18,19,20). The molecule has 0 atom stereocenters. The number of hydrogen-bond donors (Lipinski definition) is 2. The Labute approximate surface area is 135 Å². The lowest BCUT2D eigenvalue weighted by atomic mass is 10.1. The van der Waals surface area contributed by atoms with Crippen molar-refractivity contribution in [3.8, 4) is 0 Å². The van der Waals surface area contributed by atoms with Gasteiger partial charge in [-0.1, -0.05) is 44.0 Å². The van der Waals surface area contributed by atoms with Gasteiger partial charge in [-0.25, -0.2) is 4.79 Å². The molecule has 0 saturated heterocycles. The lowest BCUT2D eigenvalue weighted by molar-refractivity contribution is 0.252. The van der Waals surface area contributed by atoms with Crippen LogP contribution in [0.4, 0.5) is 10.5 Å². The van der Waals surface area contributed by atoms with Crippen molar-refractivity contribution in [1.82, 2.24) is 5.32 Å². The molecule has 2 aromatic rings. The van der Waals surface area contributed by atoms with Gasteiger partial charge in [0.15, 0.2) is 0 Å². The van der Waals surface area contributed by atoms with Crippen molar-refractivity contribution >= 4 is 43.6 Å². The van der Waals surface area contributed by atoms with E-state index >= 15 is 0 Å². The zero-order valence-electron chi connectivity index (χ0n) is 10.7. The summed E-state index contributed by atoms with van der Waals surface area (Å²) in [6.45, 7) is 0.601. The molecule has 0 aliphatic rings. The van der Waals surface area contributed by atoms with Gasteiger partial charge in [0.2, 0.25) is 0 Å². The number of hydrogen-bond acceptors (Lipinski definition) is 1. The van der Waals surface area contributed by atoms with Gasteiger partial charge < -0.3 is 10.6 Å². The fourth-order valence-electron chi connectivity index (χ4n) is 1.68. The van der Waals surface area contributed by atoms with E-state index in [1.165, 1.54) is 5.56 Å². The second-order valence-corrected chi connectivity index (χ2v) is 6.10. The monoisotopic (exact) mass is 396 g/mol. The molecule has 3 nitrogen and oxygen atoms in total. The summed E-state index contributed by atoms with van der Waals surface area (Å²) in [7, 11) is 0. The minimum Gasteiger partial charge on any atom is -0.338 e. The summed E-state index contributed by atoms with van der Waals surface area (Å²) in [5.74, 6) is 0. The first-order valence-corrected chi connectivity index (χ1v) is 7.77. The van der Waals surface area contributed by atoms with Crippen LogP contribution < -0.4 is 10.6 Å². The SMILES string of the molecule is O=C(NCCc1ccc(Br)cc1)Nc1ccc(Br)cc1. The molecule has 0 aliphatic carbocycles. The maximum absolute atomic E-state index is 11.7. The molecule has 0 saturated carbocycles. The molecule has 2 N–H and O–H groups in total. The quantitative estimate of drug-likeness (QED) is 0.779. The van der Waals surface area contributed by atoms with Gasteiger partial charge in [0.25, 0.3) is 0 Å². The van der Waals surface area contributed by atoms with Crippen LogP contribution in [0.3, 0.4) is 0 Å². The molecule has 2 amide bonds. The molecule has 0 unspecified atom stereocenters. The highest BCUT2D eigenvalue weighted by Gasteiger charge is 2.01. The van der Waals surface area contributed by atoms with E-state index in [-0.39, 0.29) is 6.03 Å². The average Bonchev–Trinajstić information content (AvgIpc) is 2.44. The Morgan fingerprint density at radius 3 is 2.05 bits per heavy atom. The van der Waals surface area contributed by atoms with Crippen LogP contribution >= 0.6 is 31.9 Å². The smallest absolute Gasteiger partial charge is 0.319 e. The molecule has 5 heteroatoms. The van der Waals surface area contributed by atoms with Crippen molar-refractivity contribution in [1.29, 1.82) is 0 Å². The van der Waals surface area contributed by atoms with Crippen LogP contribution in [-0.4, -0.2) is 12.6 Å². The highest BCUT2D eigenvalue weighted by molar-refractivity contribution is 9.10. The zero-order valence-corrected chi connectivity index (χ0v) is 13.9. The van der Waals surface area contributed by atoms with E-state index in [4.69, 9.17) is 0 Å². The normalized spacial score (nSPS) is 10.1. The van der Waals surface area contributed by atoms with Crippen LogP contribution in [0, 0.1) is 0 Å². The van der Waals surface area contributed by atoms with E-state index in [2.05, 4.69) is 42.5 Å². The third-order valence-electron chi connectivity index (χ3n) is 2.71. The molecule has 20 heavy (non-hydrogen) atoms. The van der Waals surface area contributed by atoms with E-state index < -0.39 is 0 Å². The maximum Gasteiger partial charge on any atom is 0.319 e. The molecule has 2 aromatic carbocycles. The summed E-state index contributed by atoms with van der Waals surface area (Å²) in [5, 5.41) is 5.62. The minimum atomic E-state index is -0.190. The third-order valence-corrected chi connectivity index (χ3v) is 3.77. The summed E-state index contributed by atoms with van der Waals surface area (Å²) >= 11 is 6.75. The molecule has 0 heterocycles. The van der Waals surface area contributed by atoms with Crippen molar-refractivity contribution in [3.05, 3.63) is 63.0 Å². The molecule has 0 aromatic heterocycles. The van der Waals surface area contributed by atoms with E-state index in [0.29, 0.717) is 6.54 Å². The Morgan fingerprint density at radius 1 is 0.900 bits per heavy atom. The van der Waals surface area contributed by atoms with Crippen LogP contribution in [0.2, 0.25) is 0 Å². The van der Waals surface area contributed by atoms with Gasteiger partial charge in [0.05, 0.1) is 0 Å². The molecular weight excluding hydrogens is 384 g/mol. The predicted molar refractivity (Wildman–Crippen MR) is 89.0 cm³/mol. The fraction of sp³-hybridized carbons (Fsp3) is 0.133. The first kappa shape index (κ1) is 15.1. The van der Waals surface area contributed by atoms with E-state index in [1.807, 2.05) is 48.5 Å². The van der Waals surface area contributed by atoms with Gasteiger partial charge in [-0.2, -0.15) is 0 Å². The first-order valence-electron chi connectivity index (χ1n) is 6.18. The highest BCUT2D eigenvalue weighted by atomic mass is 79.9. The largest absolute Gasteiger partial charge is 0.338 e. The second kappa shape index (κ2) is 7.45. The molecular formula is C15H14Br2N2O. The summed E-state index contributed by atoms with van der Waals surface area (Å²) in [6, 6.07) is 15.3. The molecule has 104 valence electrons. The number of nitrogens with one attached hydrogen (secondary N) is 2. The van der Waals surface area contributed by atoms with Gasteiger partial charge in [-0.05, 0) is 48.4 Å². The van der Waals surface area contributed by atoms with Crippen LogP contribution in [0.15, 0.2) is 57.5 Å². The van der Waals surface area contributed by atoms with Gasteiger partial charge in [0.1, 0.15) is 0 Å². The van der Waals surface area contributed by atoms with E-state index in [0.717, 1.165) is 21.1 Å². The van der Waals surface area contributed by atoms with Crippen molar-refractivity contribution in [2.24, 2.45) is 0 Å². The number of carbonyl (C=O) groups is 1. The third kappa shape index (κ3) is 4.98. The molecule has 0 spiro atoms. The van der Waals surface area contributed by atoms with Crippen LogP contribution in [0.1, 0.15) is 5.56 Å². The second-order valence-electron chi connectivity index (χ2n) is 4.26. The minimum absolute atomic E-state index is 0.190. The molecule has 0 fully saturated rings. The van der Waals surface area contributed by atoms with Gasteiger partial charge >= 0.3 is 6.03 Å². The fourth-order valence-corrected chi connectivity index (χ4v) is 2.21. The Hall–Kier alpha value is -1.33. The summed E-state index contributed by atoms with van der Waals surface area (Å²) in [5.41, 5.74) is 1.96. The van der Waals surface area contributed by atoms with Gasteiger partial charge in [0, 0.05) is 21.2 Å². The molecule has 2 rings (SSSR count). The average molecular weight is 398 g/mol. The Kier molecular flexibility index (Phi) is 5.61. The van der Waals surface area contributed by atoms with Gasteiger partial charge in [-0.3, -0.25) is 0 Å². The van der Waals surface area contributed by atoms with Crippen LogP contribution in [0.25, 0.3) is 0 Å². The summed E-state index contributed by atoms with van der Waals surface area (Å²) in [6.07, 6.45) is 0.807. The van der Waals surface area contributed by atoms with Gasteiger partial charge in [-0.15, -0.1) is 0 Å². The Balaban J connectivity index is 1.75. The first-order chi connectivity index (χ1) is 9.63. The number of anilines is 1. The number of carbonyl (C=O) groups excluding carboxylic acids is 1. The lowest BCUT2D eigenvalue weighted by Crippen LogP contribution is -2.30. The molecule has 0 aliphatic heterocycles. The number of amides is 2. The van der Waals surface area contributed by atoms with E-state index in [1.54, 1.807) is 0 Å². The van der Waals surface area contributed by atoms with Crippen LogP contribution in [-0.2, 0) is 6.42 Å². The van der Waals surface area contributed by atoms with Crippen molar-refractivity contribution in [2.45, 2.75) is 6.42 Å². The number of benzene rings is 2. The zero-order chi connectivity index (χ0) is 14.4. The molecule has 0 bridgehead atoms. The predicted octanol–water partition coefficient (Wildman–Crippen LogP) is 4.58. The Bertz CT molecular complexity index is 567. The summed E-state index contributed by atoms with van der Waals surface area (Å²) in [4.78, 5) is 11.7. The van der Waals surface area contributed by atoms with Crippen molar-refractivity contribution in [2.75, 3.05) is 11.9 Å². The number of rotatable bonds is 4. The summed E-state index contributed by atoms with van der Waals surface area (Å²) < 4.78 is 2.04.